The first-order valence-corrected chi connectivity index (χ1v) is 8.38. The quantitative estimate of drug-likeness (QED) is 0.396. The molecule has 0 aliphatic rings. The van der Waals surface area contributed by atoms with Crippen LogP contribution in [0.2, 0.25) is 0 Å². The van der Waals surface area contributed by atoms with E-state index in [1.807, 2.05) is 7.05 Å². The van der Waals surface area contributed by atoms with Crippen LogP contribution in [-0.4, -0.2) is 63.3 Å². The van der Waals surface area contributed by atoms with E-state index in [1.54, 1.807) is 14.2 Å². The van der Waals surface area contributed by atoms with Gasteiger partial charge in [-0.15, -0.1) is 11.3 Å². The zero-order valence-electron chi connectivity index (χ0n) is 14.1. The van der Waals surface area contributed by atoms with E-state index in [-0.39, 0.29) is 6.54 Å². The van der Waals surface area contributed by atoms with Crippen LogP contribution in [0, 0.1) is 0 Å². The molecule has 1 heterocycles. The molecule has 0 radical (unpaired) electrons. The summed E-state index contributed by atoms with van der Waals surface area (Å²) < 4.78 is 42.5. The van der Waals surface area contributed by atoms with Crippen molar-refractivity contribution in [2.24, 2.45) is 4.99 Å². The predicted octanol–water partition coefficient (Wildman–Crippen LogP) is 1.80. The number of rotatable bonds is 9. The minimum atomic E-state index is -4.40. The lowest BCUT2D eigenvalue weighted by atomic mass is 10.4. The molecule has 0 amide bonds. The summed E-state index contributed by atoms with van der Waals surface area (Å²) in [5.41, 5.74) is -0.857. The summed E-state index contributed by atoms with van der Waals surface area (Å²) in [6.45, 7) is 3.36. The SMILES string of the molecule is CN=C(NCCN(C)CCCOC)NCc1nc(C(F)(F)F)cs1. The van der Waals surface area contributed by atoms with Crippen molar-refractivity contribution >= 4 is 17.3 Å². The predicted molar refractivity (Wildman–Crippen MR) is 89.3 cm³/mol. The Morgan fingerprint density at radius 2 is 2.12 bits per heavy atom. The number of methoxy groups -OCH3 is 1. The normalized spacial score (nSPS) is 12.7. The van der Waals surface area contributed by atoms with Gasteiger partial charge < -0.3 is 20.3 Å². The van der Waals surface area contributed by atoms with E-state index in [9.17, 15) is 13.2 Å². The van der Waals surface area contributed by atoms with Crippen LogP contribution in [0.15, 0.2) is 10.4 Å². The molecule has 0 aromatic carbocycles. The summed E-state index contributed by atoms with van der Waals surface area (Å²) in [4.78, 5) is 9.77. The highest BCUT2D eigenvalue weighted by Crippen LogP contribution is 2.29. The van der Waals surface area contributed by atoms with Gasteiger partial charge in [-0.1, -0.05) is 0 Å². The number of ether oxygens (including phenoxy) is 1. The van der Waals surface area contributed by atoms with E-state index < -0.39 is 11.9 Å². The first-order chi connectivity index (χ1) is 11.4. The van der Waals surface area contributed by atoms with Crippen LogP contribution in [-0.2, 0) is 17.5 Å². The Balaban J connectivity index is 2.29. The number of guanidine groups is 1. The second kappa shape index (κ2) is 10.5. The molecule has 10 heteroatoms. The third-order valence-electron chi connectivity index (χ3n) is 3.15. The van der Waals surface area contributed by atoms with Gasteiger partial charge in [-0.05, 0) is 13.5 Å². The summed E-state index contributed by atoms with van der Waals surface area (Å²) in [6, 6.07) is 0. The van der Waals surface area contributed by atoms with Gasteiger partial charge in [0.25, 0.3) is 0 Å². The summed E-state index contributed by atoms with van der Waals surface area (Å²) in [6.07, 6.45) is -3.44. The lowest BCUT2D eigenvalue weighted by Gasteiger charge is -2.17. The van der Waals surface area contributed by atoms with Crippen LogP contribution >= 0.6 is 11.3 Å². The molecule has 0 unspecified atom stereocenters. The summed E-state index contributed by atoms with van der Waals surface area (Å²) in [7, 11) is 5.31. The van der Waals surface area contributed by atoms with Crippen LogP contribution in [0.3, 0.4) is 0 Å². The maximum Gasteiger partial charge on any atom is 0.434 e. The number of hydrogen-bond acceptors (Lipinski definition) is 5. The Kier molecular flexibility index (Phi) is 9.01. The molecule has 1 aromatic rings. The second-order valence-electron chi connectivity index (χ2n) is 5.13. The third kappa shape index (κ3) is 7.93. The highest BCUT2D eigenvalue weighted by Gasteiger charge is 2.33. The Labute approximate surface area is 144 Å². The fourth-order valence-electron chi connectivity index (χ4n) is 1.86. The molecule has 0 aliphatic heterocycles. The van der Waals surface area contributed by atoms with E-state index in [0.29, 0.717) is 17.5 Å². The number of hydrogen-bond donors (Lipinski definition) is 2. The van der Waals surface area contributed by atoms with E-state index in [2.05, 4.69) is 25.5 Å². The molecule has 0 fully saturated rings. The lowest BCUT2D eigenvalue weighted by molar-refractivity contribution is -0.140. The molecule has 0 aliphatic carbocycles. The van der Waals surface area contributed by atoms with Gasteiger partial charge in [0.15, 0.2) is 11.7 Å². The summed E-state index contributed by atoms with van der Waals surface area (Å²) in [5.74, 6) is 0.532. The van der Waals surface area contributed by atoms with Crippen molar-refractivity contribution in [1.29, 1.82) is 0 Å². The topological polar surface area (TPSA) is 61.8 Å². The average Bonchev–Trinajstić information content (AvgIpc) is 3.00. The number of nitrogens with one attached hydrogen (secondary N) is 2. The first-order valence-electron chi connectivity index (χ1n) is 7.50. The maximum absolute atomic E-state index is 12.5. The maximum atomic E-state index is 12.5. The van der Waals surface area contributed by atoms with E-state index in [4.69, 9.17) is 4.74 Å². The van der Waals surface area contributed by atoms with Gasteiger partial charge in [-0.2, -0.15) is 13.2 Å². The molecule has 2 N–H and O–H groups in total. The molecule has 138 valence electrons. The number of aromatic nitrogens is 1. The molecular weight excluding hydrogens is 343 g/mol. The smallest absolute Gasteiger partial charge is 0.385 e. The molecule has 0 saturated heterocycles. The van der Waals surface area contributed by atoms with Crippen LogP contribution in [0.1, 0.15) is 17.1 Å². The Morgan fingerprint density at radius 3 is 2.71 bits per heavy atom. The van der Waals surface area contributed by atoms with Crippen LogP contribution in [0.5, 0.6) is 0 Å². The molecule has 0 saturated carbocycles. The molecule has 24 heavy (non-hydrogen) atoms. The number of likely N-dealkylation sites (N-methyl/N-ethyl adjacent to an activating group) is 1. The fraction of sp³-hybridized carbons (Fsp3) is 0.714. The third-order valence-corrected chi connectivity index (χ3v) is 4.00. The van der Waals surface area contributed by atoms with Crippen LogP contribution < -0.4 is 10.6 Å². The number of thiazole rings is 1. The highest BCUT2D eigenvalue weighted by atomic mass is 32.1. The standard InChI is InChI=1S/C14H24F3N5OS/c1-18-13(19-5-7-22(2)6-4-8-23-3)20-9-12-21-11(10-24-12)14(15,16)17/h10H,4-9H2,1-3H3,(H2,18,19,20). The van der Waals surface area contributed by atoms with Crippen molar-refractivity contribution in [3.63, 3.8) is 0 Å². The van der Waals surface area contributed by atoms with Crippen LogP contribution in [0.25, 0.3) is 0 Å². The van der Waals surface area contributed by atoms with Gasteiger partial charge in [-0.3, -0.25) is 4.99 Å². The van der Waals surface area contributed by atoms with Crippen molar-refractivity contribution in [2.75, 3.05) is 47.4 Å². The van der Waals surface area contributed by atoms with Gasteiger partial charge in [0, 0.05) is 45.8 Å². The highest BCUT2D eigenvalue weighted by molar-refractivity contribution is 7.09. The van der Waals surface area contributed by atoms with Crippen molar-refractivity contribution < 1.29 is 17.9 Å². The summed E-state index contributed by atoms with van der Waals surface area (Å²) in [5, 5.41) is 7.46. The minimum Gasteiger partial charge on any atom is -0.385 e. The van der Waals surface area contributed by atoms with Gasteiger partial charge in [0.05, 0.1) is 6.54 Å². The Hall–Kier alpha value is -1.39. The monoisotopic (exact) mass is 367 g/mol. The van der Waals surface area contributed by atoms with Crippen molar-refractivity contribution in [3.05, 3.63) is 16.1 Å². The van der Waals surface area contributed by atoms with Crippen molar-refractivity contribution in [2.45, 2.75) is 19.1 Å². The lowest BCUT2D eigenvalue weighted by Crippen LogP contribution is -2.40. The number of halogens is 3. The largest absolute Gasteiger partial charge is 0.434 e. The number of alkyl halides is 3. The summed E-state index contributed by atoms with van der Waals surface area (Å²) >= 11 is 0.972. The van der Waals surface area contributed by atoms with E-state index >= 15 is 0 Å². The molecule has 0 spiro atoms. The molecule has 1 rings (SSSR count). The number of aliphatic imine (C=N–C) groups is 1. The van der Waals surface area contributed by atoms with Crippen LogP contribution in [0.4, 0.5) is 13.2 Å². The van der Waals surface area contributed by atoms with Crippen molar-refractivity contribution in [3.8, 4) is 0 Å². The molecular formula is C14H24F3N5OS. The minimum absolute atomic E-state index is 0.199. The molecule has 6 nitrogen and oxygen atoms in total. The first kappa shape index (κ1) is 20.7. The molecule has 0 bridgehead atoms. The van der Waals surface area contributed by atoms with Gasteiger partial charge in [-0.25, -0.2) is 4.98 Å². The Morgan fingerprint density at radius 1 is 1.38 bits per heavy atom. The van der Waals surface area contributed by atoms with Gasteiger partial charge in [0.2, 0.25) is 0 Å². The number of nitrogens with zero attached hydrogens (tertiary/aromatic N) is 3. The zero-order valence-corrected chi connectivity index (χ0v) is 14.9. The molecule has 0 atom stereocenters. The molecule has 1 aromatic heterocycles. The van der Waals surface area contributed by atoms with Crippen molar-refractivity contribution in [1.82, 2.24) is 20.5 Å². The van der Waals surface area contributed by atoms with Gasteiger partial charge >= 0.3 is 6.18 Å². The zero-order chi connectivity index (χ0) is 18.0. The van der Waals surface area contributed by atoms with Gasteiger partial charge in [0.1, 0.15) is 5.01 Å². The van der Waals surface area contributed by atoms with E-state index in [0.717, 1.165) is 42.8 Å². The average molecular weight is 367 g/mol. The second-order valence-corrected chi connectivity index (χ2v) is 6.07. The fourth-order valence-corrected chi connectivity index (χ4v) is 2.60. The van der Waals surface area contributed by atoms with E-state index in [1.165, 1.54) is 0 Å². The Bertz CT molecular complexity index is 507.